The Balaban J connectivity index is 1.80. The molecule has 0 amide bonds. The Kier molecular flexibility index (Phi) is 5.34. The van der Waals surface area contributed by atoms with Crippen LogP contribution in [-0.2, 0) is 4.74 Å². The molecular formula is C15H23NO2. The predicted molar refractivity (Wildman–Crippen MR) is 74.3 cm³/mol. The standard InChI is InChI=1S/C15H23NO2/c1-2-8-18-15-7-3-6-14(10-15)16-11-13-5-4-9-17-12-13/h3,6-7,10,13,16H,2,4-5,8-9,11-12H2,1H3. The second-order valence-electron chi connectivity index (χ2n) is 4.84. The Morgan fingerprint density at radius 1 is 1.44 bits per heavy atom. The van der Waals surface area contributed by atoms with E-state index < -0.39 is 0 Å². The van der Waals surface area contributed by atoms with E-state index in [9.17, 15) is 0 Å². The number of nitrogens with one attached hydrogen (secondary N) is 1. The highest BCUT2D eigenvalue weighted by Gasteiger charge is 2.13. The summed E-state index contributed by atoms with van der Waals surface area (Å²) in [7, 11) is 0. The van der Waals surface area contributed by atoms with Crippen molar-refractivity contribution in [3.8, 4) is 5.75 Å². The quantitative estimate of drug-likeness (QED) is 0.839. The molecule has 1 aromatic rings. The van der Waals surface area contributed by atoms with Crippen LogP contribution in [0.25, 0.3) is 0 Å². The Bertz CT molecular complexity index is 348. The van der Waals surface area contributed by atoms with Gasteiger partial charge in [0.15, 0.2) is 0 Å². The maximum absolute atomic E-state index is 5.62. The number of ether oxygens (including phenoxy) is 2. The lowest BCUT2D eigenvalue weighted by Crippen LogP contribution is -2.24. The Labute approximate surface area is 109 Å². The van der Waals surface area contributed by atoms with Crippen LogP contribution in [0.1, 0.15) is 26.2 Å². The minimum absolute atomic E-state index is 0.638. The number of hydrogen-bond acceptors (Lipinski definition) is 3. The van der Waals surface area contributed by atoms with Crippen molar-refractivity contribution in [3.05, 3.63) is 24.3 Å². The Morgan fingerprint density at radius 3 is 3.17 bits per heavy atom. The zero-order valence-electron chi connectivity index (χ0n) is 11.2. The molecule has 3 heteroatoms. The molecule has 1 unspecified atom stereocenters. The summed E-state index contributed by atoms with van der Waals surface area (Å²) < 4.78 is 11.1. The topological polar surface area (TPSA) is 30.5 Å². The third kappa shape index (κ3) is 4.22. The van der Waals surface area contributed by atoms with E-state index in [1.54, 1.807) is 0 Å². The smallest absolute Gasteiger partial charge is 0.121 e. The molecule has 0 bridgehead atoms. The van der Waals surface area contributed by atoms with Gasteiger partial charge in [0.25, 0.3) is 0 Å². The molecule has 0 aromatic heterocycles. The average Bonchev–Trinajstić information content (AvgIpc) is 2.44. The molecule has 1 fully saturated rings. The molecule has 3 nitrogen and oxygen atoms in total. The van der Waals surface area contributed by atoms with Crippen molar-refractivity contribution in [2.75, 3.05) is 31.7 Å². The maximum Gasteiger partial charge on any atom is 0.121 e. The Hall–Kier alpha value is -1.22. The highest BCUT2D eigenvalue weighted by molar-refractivity contribution is 5.48. The van der Waals surface area contributed by atoms with Crippen LogP contribution in [0.2, 0.25) is 0 Å². The van der Waals surface area contributed by atoms with Crippen molar-refractivity contribution < 1.29 is 9.47 Å². The van der Waals surface area contributed by atoms with Crippen LogP contribution in [0, 0.1) is 5.92 Å². The fraction of sp³-hybridized carbons (Fsp3) is 0.600. The van der Waals surface area contributed by atoms with Crippen molar-refractivity contribution in [2.45, 2.75) is 26.2 Å². The largest absolute Gasteiger partial charge is 0.494 e. The van der Waals surface area contributed by atoms with E-state index in [0.29, 0.717) is 5.92 Å². The van der Waals surface area contributed by atoms with Gasteiger partial charge in [0.1, 0.15) is 5.75 Å². The van der Waals surface area contributed by atoms with Crippen LogP contribution < -0.4 is 10.1 Å². The second-order valence-corrected chi connectivity index (χ2v) is 4.84. The summed E-state index contributed by atoms with van der Waals surface area (Å²) >= 11 is 0. The molecule has 18 heavy (non-hydrogen) atoms. The lowest BCUT2D eigenvalue weighted by atomic mass is 10.0. The van der Waals surface area contributed by atoms with Crippen LogP contribution in [0.3, 0.4) is 0 Å². The lowest BCUT2D eigenvalue weighted by Gasteiger charge is -2.22. The molecular weight excluding hydrogens is 226 g/mol. The summed E-state index contributed by atoms with van der Waals surface area (Å²) in [6.45, 7) is 5.69. The van der Waals surface area contributed by atoms with E-state index in [4.69, 9.17) is 9.47 Å². The van der Waals surface area contributed by atoms with Gasteiger partial charge in [0.05, 0.1) is 13.2 Å². The highest BCUT2D eigenvalue weighted by atomic mass is 16.5. The maximum atomic E-state index is 5.62. The molecule has 0 saturated carbocycles. The first kappa shape index (κ1) is 13.2. The molecule has 100 valence electrons. The van der Waals surface area contributed by atoms with Gasteiger partial charge in [0.2, 0.25) is 0 Å². The van der Waals surface area contributed by atoms with Gasteiger partial charge in [-0.2, -0.15) is 0 Å². The molecule has 2 rings (SSSR count). The van der Waals surface area contributed by atoms with E-state index in [1.165, 1.54) is 12.8 Å². The fourth-order valence-corrected chi connectivity index (χ4v) is 2.15. The molecule has 1 N–H and O–H groups in total. The number of benzene rings is 1. The molecule has 1 aromatic carbocycles. The van der Waals surface area contributed by atoms with E-state index in [-0.39, 0.29) is 0 Å². The molecule has 1 saturated heterocycles. The third-order valence-corrected chi connectivity index (χ3v) is 3.16. The Morgan fingerprint density at radius 2 is 2.39 bits per heavy atom. The number of anilines is 1. The number of hydrogen-bond donors (Lipinski definition) is 1. The van der Waals surface area contributed by atoms with E-state index in [2.05, 4.69) is 24.4 Å². The fourth-order valence-electron chi connectivity index (χ4n) is 2.15. The van der Waals surface area contributed by atoms with Gasteiger partial charge >= 0.3 is 0 Å². The lowest BCUT2D eigenvalue weighted by molar-refractivity contribution is 0.0595. The first-order chi connectivity index (χ1) is 8.88. The zero-order chi connectivity index (χ0) is 12.6. The first-order valence-electron chi connectivity index (χ1n) is 6.93. The van der Waals surface area contributed by atoms with Gasteiger partial charge in [-0.15, -0.1) is 0 Å². The summed E-state index contributed by atoms with van der Waals surface area (Å²) in [5, 5.41) is 3.47. The molecule has 1 aliphatic heterocycles. The van der Waals surface area contributed by atoms with Gasteiger partial charge in [-0.3, -0.25) is 0 Å². The van der Waals surface area contributed by atoms with Gasteiger partial charge < -0.3 is 14.8 Å². The number of rotatable bonds is 6. The SMILES string of the molecule is CCCOc1cccc(NCC2CCCOC2)c1. The molecule has 0 radical (unpaired) electrons. The summed E-state index contributed by atoms with van der Waals surface area (Å²) in [4.78, 5) is 0. The van der Waals surface area contributed by atoms with Crippen molar-refractivity contribution >= 4 is 5.69 Å². The zero-order valence-corrected chi connectivity index (χ0v) is 11.2. The van der Waals surface area contributed by atoms with Gasteiger partial charge in [-0.25, -0.2) is 0 Å². The van der Waals surface area contributed by atoms with Crippen molar-refractivity contribution in [1.29, 1.82) is 0 Å². The van der Waals surface area contributed by atoms with Crippen molar-refractivity contribution in [1.82, 2.24) is 0 Å². The normalized spacial score (nSPS) is 19.5. The molecule has 1 atom stereocenters. The second kappa shape index (κ2) is 7.27. The minimum Gasteiger partial charge on any atom is -0.494 e. The average molecular weight is 249 g/mol. The van der Waals surface area contributed by atoms with E-state index >= 15 is 0 Å². The molecule has 0 aliphatic carbocycles. The summed E-state index contributed by atoms with van der Waals surface area (Å²) in [6, 6.07) is 8.19. The van der Waals surface area contributed by atoms with Crippen molar-refractivity contribution in [3.63, 3.8) is 0 Å². The van der Waals surface area contributed by atoms with Crippen LogP contribution in [0.15, 0.2) is 24.3 Å². The summed E-state index contributed by atoms with van der Waals surface area (Å²) in [5.41, 5.74) is 1.13. The van der Waals surface area contributed by atoms with Crippen LogP contribution in [0.5, 0.6) is 5.75 Å². The summed E-state index contributed by atoms with van der Waals surface area (Å²) in [6.07, 6.45) is 3.49. The van der Waals surface area contributed by atoms with Crippen molar-refractivity contribution in [2.24, 2.45) is 5.92 Å². The van der Waals surface area contributed by atoms with Gasteiger partial charge in [-0.1, -0.05) is 13.0 Å². The molecule has 1 aliphatic rings. The van der Waals surface area contributed by atoms with E-state index in [1.807, 2.05) is 12.1 Å². The van der Waals surface area contributed by atoms with Crippen LogP contribution in [0.4, 0.5) is 5.69 Å². The van der Waals surface area contributed by atoms with Crippen LogP contribution in [-0.4, -0.2) is 26.4 Å². The minimum atomic E-state index is 0.638. The predicted octanol–water partition coefficient (Wildman–Crippen LogP) is 3.31. The molecule has 1 heterocycles. The van der Waals surface area contributed by atoms with E-state index in [0.717, 1.165) is 44.2 Å². The first-order valence-corrected chi connectivity index (χ1v) is 6.93. The third-order valence-electron chi connectivity index (χ3n) is 3.16. The van der Waals surface area contributed by atoms with Gasteiger partial charge in [0, 0.05) is 24.9 Å². The van der Waals surface area contributed by atoms with Gasteiger partial charge in [-0.05, 0) is 37.3 Å². The molecule has 0 spiro atoms. The highest BCUT2D eigenvalue weighted by Crippen LogP contribution is 2.19. The monoisotopic (exact) mass is 249 g/mol. The van der Waals surface area contributed by atoms with Crippen LogP contribution >= 0.6 is 0 Å². The summed E-state index contributed by atoms with van der Waals surface area (Å²) in [5.74, 6) is 1.58.